The molecule has 0 aromatic heterocycles. The zero-order valence-corrected chi connectivity index (χ0v) is 11.3. The van der Waals surface area contributed by atoms with E-state index in [1.807, 2.05) is 30.3 Å². The van der Waals surface area contributed by atoms with Gasteiger partial charge in [-0.15, -0.1) is 0 Å². The van der Waals surface area contributed by atoms with Gasteiger partial charge in [0.25, 0.3) is 0 Å². The number of ether oxygens (including phenoxy) is 1. The molecule has 1 aromatic carbocycles. The standard InChI is InChI=1S/C15H19NO4/c17-14(8-4-7-12-5-2-1-3-6-12)16-9-10-20-11-13(16)15(18)19/h1-3,5-6,13H,4,7-11H2,(H,18,19)/t13-/m0/s1. The van der Waals surface area contributed by atoms with E-state index in [0.29, 0.717) is 19.6 Å². The number of aryl methyl sites for hydroxylation is 1. The molecule has 0 spiro atoms. The Balaban J connectivity index is 1.83. The number of nitrogens with zero attached hydrogens (tertiary/aromatic N) is 1. The Kier molecular flexibility index (Phi) is 5.12. The Hall–Kier alpha value is -1.88. The van der Waals surface area contributed by atoms with Gasteiger partial charge in [0.15, 0.2) is 6.04 Å². The van der Waals surface area contributed by atoms with Crippen LogP contribution in [0.3, 0.4) is 0 Å². The first-order valence-corrected chi connectivity index (χ1v) is 6.82. The predicted molar refractivity (Wildman–Crippen MR) is 73.3 cm³/mol. The zero-order valence-electron chi connectivity index (χ0n) is 11.3. The van der Waals surface area contributed by atoms with Crippen LogP contribution < -0.4 is 0 Å². The number of carbonyl (C=O) groups excluding carboxylic acids is 1. The molecule has 0 radical (unpaired) electrons. The molecule has 1 aliphatic heterocycles. The van der Waals surface area contributed by atoms with Gasteiger partial charge in [0.2, 0.25) is 5.91 Å². The molecular weight excluding hydrogens is 258 g/mol. The maximum Gasteiger partial charge on any atom is 0.328 e. The maximum atomic E-state index is 12.1. The third-order valence-corrected chi connectivity index (χ3v) is 3.43. The number of hydrogen-bond donors (Lipinski definition) is 1. The highest BCUT2D eigenvalue weighted by Gasteiger charge is 2.32. The summed E-state index contributed by atoms with van der Waals surface area (Å²) in [6.45, 7) is 0.856. The maximum absolute atomic E-state index is 12.1. The molecule has 0 unspecified atom stereocenters. The van der Waals surface area contributed by atoms with Crippen LogP contribution in [0.2, 0.25) is 0 Å². The van der Waals surface area contributed by atoms with Crippen molar-refractivity contribution in [2.75, 3.05) is 19.8 Å². The molecule has 5 nitrogen and oxygen atoms in total. The van der Waals surface area contributed by atoms with Crippen LogP contribution in [0.15, 0.2) is 30.3 Å². The topological polar surface area (TPSA) is 66.8 Å². The molecule has 108 valence electrons. The fraction of sp³-hybridized carbons (Fsp3) is 0.467. The smallest absolute Gasteiger partial charge is 0.328 e. The largest absolute Gasteiger partial charge is 0.480 e. The van der Waals surface area contributed by atoms with Crippen molar-refractivity contribution in [1.29, 1.82) is 0 Å². The van der Waals surface area contributed by atoms with Crippen molar-refractivity contribution in [3.8, 4) is 0 Å². The average molecular weight is 277 g/mol. The van der Waals surface area contributed by atoms with Crippen LogP contribution in [0, 0.1) is 0 Å². The molecular formula is C15H19NO4. The number of aliphatic carboxylic acids is 1. The lowest BCUT2D eigenvalue weighted by Crippen LogP contribution is -2.52. The van der Waals surface area contributed by atoms with Gasteiger partial charge >= 0.3 is 5.97 Å². The van der Waals surface area contributed by atoms with E-state index in [4.69, 9.17) is 9.84 Å². The van der Waals surface area contributed by atoms with E-state index in [2.05, 4.69) is 0 Å². The molecule has 0 saturated carbocycles. The lowest BCUT2D eigenvalue weighted by molar-refractivity contribution is -0.158. The number of morpholine rings is 1. The summed E-state index contributed by atoms with van der Waals surface area (Å²) in [4.78, 5) is 24.6. The predicted octanol–water partition coefficient (Wildman–Crippen LogP) is 1.32. The summed E-state index contributed by atoms with van der Waals surface area (Å²) >= 11 is 0. The SMILES string of the molecule is O=C(O)[C@@H]1COCCN1C(=O)CCCc1ccccc1. The van der Waals surface area contributed by atoms with Crippen molar-refractivity contribution in [2.24, 2.45) is 0 Å². The first-order valence-electron chi connectivity index (χ1n) is 6.82. The third-order valence-electron chi connectivity index (χ3n) is 3.43. The van der Waals surface area contributed by atoms with Gasteiger partial charge in [-0.05, 0) is 18.4 Å². The van der Waals surface area contributed by atoms with Crippen LogP contribution in [-0.4, -0.2) is 47.7 Å². The summed E-state index contributed by atoms with van der Waals surface area (Å²) in [5, 5.41) is 9.09. The normalized spacial score (nSPS) is 18.8. The fourth-order valence-electron chi connectivity index (χ4n) is 2.34. The molecule has 1 amide bonds. The summed E-state index contributed by atoms with van der Waals surface area (Å²) in [6.07, 6.45) is 1.93. The summed E-state index contributed by atoms with van der Waals surface area (Å²) < 4.78 is 5.12. The molecule has 5 heteroatoms. The van der Waals surface area contributed by atoms with E-state index in [0.717, 1.165) is 12.8 Å². The Morgan fingerprint density at radius 2 is 2.05 bits per heavy atom. The molecule has 0 aliphatic carbocycles. The highest BCUT2D eigenvalue weighted by atomic mass is 16.5. The summed E-state index contributed by atoms with van der Waals surface area (Å²) in [7, 11) is 0. The lowest BCUT2D eigenvalue weighted by atomic mass is 10.1. The van der Waals surface area contributed by atoms with Gasteiger partial charge in [0, 0.05) is 13.0 Å². The fourth-order valence-corrected chi connectivity index (χ4v) is 2.34. The van der Waals surface area contributed by atoms with E-state index in [1.165, 1.54) is 10.5 Å². The molecule has 1 N–H and O–H groups in total. The van der Waals surface area contributed by atoms with Gasteiger partial charge in [0.1, 0.15) is 0 Å². The number of rotatable bonds is 5. The molecule has 20 heavy (non-hydrogen) atoms. The van der Waals surface area contributed by atoms with Gasteiger partial charge in [-0.1, -0.05) is 30.3 Å². The van der Waals surface area contributed by atoms with E-state index in [1.54, 1.807) is 0 Å². The van der Waals surface area contributed by atoms with E-state index in [-0.39, 0.29) is 12.5 Å². The molecule has 1 atom stereocenters. The molecule has 1 aliphatic rings. The second-order valence-electron chi connectivity index (χ2n) is 4.86. The molecule has 1 aromatic rings. The van der Waals surface area contributed by atoms with Crippen LogP contribution >= 0.6 is 0 Å². The molecule has 1 heterocycles. The van der Waals surface area contributed by atoms with Crippen LogP contribution in [0.1, 0.15) is 18.4 Å². The Morgan fingerprint density at radius 3 is 2.75 bits per heavy atom. The Labute approximate surface area is 118 Å². The minimum absolute atomic E-state index is 0.0831. The second kappa shape index (κ2) is 7.05. The number of benzene rings is 1. The van der Waals surface area contributed by atoms with Crippen molar-refractivity contribution in [3.05, 3.63) is 35.9 Å². The Morgan fingerprint density at radius 1 is 1.30 bits per heavy atom. The number of amides is 1. The number of carboxylic acid groups (broad SMARTS) is 1. The van der Waals surface area contributed by atoms with Gasteiger partial charge in [-0.25, -0.2) is 4.79 Å². The van der Waals surface area contributed by atoms with Crippen LogP contribution in [0.25, 0.3) is 0 Å². The zero-order chi connectivity index (χ0) is 14.4. The quantitative estimate of drug-likeness (QED) is 0.881. The Bertz CT molecular complexity index is 460. The molecule has 2 rings (SSSR count). The number of hydrogen-bond acceptors (Lipinski definition) is 3. The van der Waals surface area contributed by atoms with Crippen molar-refractivity contribution in [1.82, 2.24) is 4.90 Å². The number of carboxylic acids is 1. The van der Waals surface area contributed by atoms with Crippen molar-refractivity contribution >= 4 is 11.9 Å². The van der Waals surface area contributed by atoms with Gasteiger partial charge < -0.3 is 14.7 Å². The summed E-state index contributed by atoms with van der Waals surface area (Å²) in [5.74, 6) is -1.10. The van der Waals surface area contributed by atoms with Crippen LogP contribution in [0.4, 0.5) is 0 Å². The minimum atomic E-state index is -0.999. The van der Waals surface area contributed by atoms with E-state index >= 15 is 0 Å². The lowest BCUT2D eigenvalue weighted by Gasteiger charge is -2.32. The molecule has 1 saturated heterocycles. The van der Waals surface area contributed by atoms with Crippen molar-refractivity contribution in [2.45, 2.75) is 25.3 Å². The summed E-state index contributed by atoms with van der Waals surface area (Å²) in [6, 6.07) is 9.12. The molecule has 0 bridgehead atoms. The van der Waals surface area contributed by atoms with Crippen LogP contribution in [-0.2, 0) is 20.7 Å². The van der Waals surface area contributed by atoms with Gasteiger partial charge in [-0.3, -0.25) is 4.79 Å². The summed E-state index contributed by atoms with van der Waals surface area (Å²) in [5.41, 5.74) is 1.19. The highest BCUT2D eigenvalue weighted by molar-refractivity contribution is 5.84. The van der Waals surface area contributed by atoms with Crippen LogP contribution in [0.5, 0.6) is 0 Å². The van der Waals surface area contributed by atoms with Gasteiger partial charge in [0.05, 0.1) is 13.2 Å². The van der Waals surface area contributed by atoms with Gasteiger partial charge in [-0.2, -0.15) is 0 Å². The average Bonchev–Trinajstić information content (AvgIpc) is 2.48. The highest BCUT2D eigenvalue weighted by Crippen LogP contribution is 2.12. The monoisotopic (exact) mass is 277 g/mol. The first-order chi connectivity index (χ1) is 9.68. The van der Waals surface area contributed by atoms with E-state index < -0.39 is 12.0 Å². The van der Waals surface area contributed by atoms with E-state index in [9.17, 15) is 9.59 Å². The number of carbonyl (C=O) groups is 2. The third kappa shape index (κ3) is 3.81. The molecule has 1 fully saturated rings. The first kappa shape index (κ1) is 14.5. The van der Waals surface area contributed by atoms with Crippen molar-refractivity contribution in [3.63, 3.8) is 0 Å². The minimum Gasteiger partial charge on any atom is -0.480 e. The van der Waals surface area contributed by atoms with Crippen molar-refractivity contribution < 1.29 is 19.4 Å². The second-order valence-corrected chi connectivity index (χ2v) is 4.86.